The number of hydrogen-bond donors (Lipinski definition) is 3. The third kappa shape index (κ3) is 5.20. The Bertz CT molecular complexity index is 468. The number of hydrazine groups is 1. The number of primary amides is 1. The number of nitrogens with two attached hydrogens (primary N) is 1. The predicted molar refractivity (Wildman–Crippen MR) is 80.4 cm³/mol. The first-order valence-corrected chi connectivity index (χ1v) is 7.54. The Morgan fingerprint density at radius 2 is 2.00 bits per heavy atom. The summed E-state index contributed by atoms with van der Waals surface area (Å²) in [4.78, 5) is 46.1. The van der Waals surface area contributed by atoms with Crippen molar-refractivity contribution in [2.24, 2.45) is 11.7 Å². The zero-order valence-electron chi connectivity index (χ0n) is 13.6. The zero-order chi connectivity index (χ0) is 17.6. The van der Waals surface area contributed by atoms with E-state index in [9.17, 15) is 19.2 Å². The van der Waals surface area contributed by atoms with Crippen molar-refractivity contribution in [1.82, 2.24) is 15.8 Å². The molecule has 1 aliphatic heterocycles. The number of rotatable bonds is 7. The lowest BCUT2D eigenvalue weighted by molar-refractivity contribution is -0.150. The van der Waals surface area contributed by atoms with E-state index < -0.39 is 35.9 Å². The van der Waals surface area contributed by atoms with Crippen LogP contribution in [0.3, 0.4) is 0 Å². The standard InChI is InChI=1S/C14H24N4O5/c1-8(2)11(23-7-19)13(21)16-9(3)14(22)18-6-4-5-10(17-18)12(15)20/h7-11,17H,4-6H2,1-3H3,(H2,15,20)(H,16,21). The molecule has 0 saturated carbocycles. The number of amides is 3. The minimum atomic E-state index is -0.963. The summed E-state index contributed by atoms with van der Waals surface area (Å²) in [5.41, 5.74) is 7.99. The maximum absolute atomic E-state index is 12.3. The molecular formula is C14H24N4O5. The Balaban J connectivity index is 2.63. The maximum Gasteiger partial charge on any atom is 0.293 e. The van der Waals surface area contributed by atoms with Crippen molar-refractivity contribution in [3.8, 4) is 0 Å². The van der Waals surface area contributed by atoms with Crippen molar-refractivity contribution < 1.29 is 23.9 Å². The van der Waals surface area contributed by atoms with Gasteiger partial charge in [0.25, 0.3) is 18.3 Å². The Morgan fingerprint density at radius 1 is 1.35 bits per heavy atom. The number of carbonyl (C=O) groups is 4. The Labute approximate surface area is 134 Å². The van der Waals surface area contributed by atoms with Gasteiger partial charge in [0.2, 0.25) is 5.91 Å². The van der Waals surface area contributed by atoms with E-state index in [1.807, 2.05) is 0 Å². The van der Waals surface area contributed by atoms with Crippen LogP contribution in [-0.2, 0) is 23.9 Å². The highest BCUT2D eigenvalue weighted by Gasteiger charge is 2.31. The van der Waals surface area contributed by atoms with Crippen LogP contribution >= 0.6 is 0 Å². The van der Waals surface area contributed by atoms with Crippen LogP contribution in [0, 0.1) is 5.92 Å². The lowest BCUT2D eigenvalue weighted by atomic mass is 10.1. The van der Waals surface area contributed by atoms with E-state index in [-0.39, 0.29) is 12.4 Å². The van der Waals surface area contributed by atoms with Crippen LogP contribution in [-0.4, -0.2) is 53.9 Å². The first-order valence-electron chi connectivity index (χ1n) is 7.54. The van der Waals surface area contributed by atoms with Gasteiger partial charge in [0.05, 0.1) is 0 Å². The Hall–Kier alpha value is -2.16. The smallest absolute Gasteiger partial charge is 0.293 e. The molecule has 3 unspecified atom stereocenters. The fraction of sp³-hybridized carbons (Fsp3) is 0.714. The largest absolute Gasteiger partial charge is 0.454 e. The van der Waals surface area contributed by atoms with E-state index in [4.69, 9.17) is 10.5 Å². The quantitative estimate of drug-likeness (QED) is 0.496. The molecule has 1 fully saturated rings. The summed E-state index contributed by atoms with van der Waals surface area (Å²) >= 11 is 0. The molecule has 1 saturated heterocycles. The van der Waals surface area contributed by atoms with Gasteiger partial charge in [-0.1, -0.05) is 13.8 Å². The maximum atomic E-state index is 12.3. The summed E-state index contributed by atoms with van der Waals surface area (Å²) in [6.45, 7) is 5.60. The molecule has 1 heterocycles. The molecular weight excluding hydrogens is 304 g/mol. The molecule has 9 heteroatoms. The molecule has 0 aliphatic carbocycles. The van der Waals surface area contributed by atoms with Crippen molar-refractivity contribution in [2.45, 2.75) is 51.8 Å². The summed E-state index contributed by atoms with van der Waals surface area (Å²) in [6.07, 6.45) is 0.230. The van der Waals surface area contributed by atoms with Crippen LogP contribution < -0.4 is 16.5 Å². The van der Waals surface area contributed by atoms with E-state index in [0.717, 1.165) is 0 Å². The molecule has 0 aromatic carbocycles. The molecule has 1 rings (SSSR count). The minimum absolute atomic E-state index is 0.209. The van der Waals surface area contributed by atoms with Crippen molar-refractivity contribution >= 4 is 24.2 Å². The molecule has 0 aromatic heterocycles. The first-order chi connectivity index (χ1) is 10.8. The second-order valence-electron chi connectivity index (χ2n) is 5.84. The fourth-order valence-electron chi connectivity index (χ4n) is 2.32. The van der Waals surface area contributed by atoms with Crippen molar-refractivity contribution in [3.05, 3.63) is 0 Å². The molecule has 1 aliphatic rings. The second kappa shape index (κ2) is 8.47. The topological polar surface area (TPSA) is 131 Å². The molecule has 130 valence electrons. The molecule has 0 bridgehead atoms. The average molecular weight is 328 g/mol. The van der Waals surface area contributed by atoms with E-state index in [1.54, 1.807) is 13.8 Å². The zero-order valence-corrected chi connectivity index (χ0v) is 13.6. The van der Waals surface area contributed by atoms with Gasteiger partial charge in [-0.05, 0) is 25.7 Å². The van der Waals surface area contributed by atoms with Crippen LogP contribution in [0.15, 0.2) is 0 Å². The van der Waals surface area contributed by atoms with E-state index in [0.29, 0.717) is 19.4 Å². The van der Waals surface area contributed by atoms with Crippen LogP contribution in [0.4, 0.5) is 0 Å². The van der Waals surface area contributed by atoms with E-state index in [2.05, 4.69) is 10.7 Å². The van der Waals surface area contributed by atoms with Crippen LogP contribution in [0.2, 0.25) is 0 Å². The first kappa shape index (κ1) is 18.9. The number of carbonyl (C=O) groups excluding carboxylic acids is 4. The highest BCUT2D eigenvalue weighted by atomic mass is 16.5. The van der Waals surface area contributed by atoms with Gasteiger partial charge in [-0.3, -0.25) is 24.2 Å². The van der Waals surface area contributed by atoms with Gasteiger partial charge < -0.3 is 15.8 Å². The predicted octanol–water partition coefficient (Wildman–Crippen LogP) is -1.33. The Kier molecular flexibility index (Phi) is 6.95. The highest BCUT2D eigenvalue weighted by molar-refractivity contribution is 5.90. The summed E-state index contributed by atoms with van der Waals surface area (Å²) in [5.74, 6) is -1.69. The summed E-state index contributed by atoms with van der Waals surface area (Å²) in [5, 5.41) is 3.80. The van der Waals surface area contributed by atoms with E-state index >= 15 is 0 Å². The average Bonchev–Trinajstić information content (AvgIpc) is 2.51. The number of ether oxygens (including phenoxy) is 1. The number of hydrogen-bond acceptors (Lipinski definition) is 6. The van der Waals surface area contributed by atoms with Gasteiger partial charge in [-0.2, -0.15) is 0 Å². The summed E-state index contributed by atoms with van der Waals surface area (Å²) in [6, 6.07) is -1.43. The monoisotopic (exact) mass is 328 g/mol. The normalized spacial score (nSPS) is 20.5. The van der Waals surface area contributed by atoms with Gasteiger partial charge >= 0.3 is 0 Å². The third-order valence-electron chi connectivity index (χ3n) is 3.59. The lowest BCUT2D eigenvalue weighted by Gasteiger charge is -2.34. The minimum Gasteiger partial charge on any atom is -0.454 e. The molecule has 0 radical (unpaired) electrons. The summed E-state index contributed by atoms with van der Waals surface area (Å²) in [7, 11) is 0. The fourth-order valence-corrected chi connectivity index (χ4v) is 2.32. The molecule has 3 amide bonds. The number of nitrogens with one attached hydrogen (secondary N) is 2. The van der Waals surface area contributed by atoms with Gasteiger partial charge in [0.15, 0.2) is 6.10 Å². The molecule has 23 heavy (non-hydrogen) atoms. The molecule has 0 aromatic rings. The van der Waals surface area contributed by atoms with Crippen LogP contribution in [0.25, 0.3) is 0 Å². The molecule has 3 atom stereocenters. The van der Waals surface area contributed by atoms with Gasteiger partial charge in [-0.15, -0.1) is 0 Å². The Morgan fingerprint density at radius 3 is 2.52 bits per heavy atom. The molecule has 0 spiro atoms. The summed E-state index contributed by atoms with van der Waals surface area (Å²) < 4.78 is 4.75. The van der Waals surface area contributed by atoms with Crippen molar-refractivity contribution in [3.63, 3.8) is 0 Å². The van der Waals surface area contributed by atoms with Gasteiger partial charge in [0.1, 0.15) is 12.1 Å². The van der Waals surface area contributed by atoms with Crippen molar-refractivity contribution in [2.75, 3.05) is 6.54 Å². The molecule has 4 N–H and O–H groups in total. The SMILES string of the molecule is CC(NC(=O)C(OC=O)C(C)C)C(=O)N1CCCC(C(N)=O)N1. The molecule has 9 nitrogen and oxygen atoms in total. The van der Waals surface area contributed by atoms with Crippen LogP contribution in [0.1, 0.15) is 33.6 Å². The highest BCUT2D eigenvalue weighted by Crippen LogP contribution is 2.10. The number of nitrogens with zero attached hydrogens (tertiary/aromatic N) is 1. The van der Waals surface area contributed by atoms with E-state index in [1.165, 1.54) is 11.9 Å². The second-order valence-corrected chi connectivity index (χ2v) is 5.84. The van der Waals surface area contributed by atoms with Crippen LogP contribution in [0.5, 0.6) is 0 Å². The third-order valence-corrected chi connectivity index (χ3v) is 3.59. The lowest BCUT2D eigenvalue weighted by Crippen LogP contribution is -2.60. The van der Waals surface area contributed by atoms with Crippen molar-refractivity contribution in [1.29, 1.82) is 0 Å². The van der Waals surface area contributed by atoms with Gasteiger partial charge in [-0.25, -0.2) is 5.43 Å². The van der Waals surface area contributed by atoms with Gasteiger partial charge in [0, 0.05) is 6.54 Å².